The summed E-state index contributed by atoms with van der Waals surface area (Å²) in [6.07, 6.45) is -0.602. The van der Waals surface area contributed by atoms with Gasteiger partial charge in [0.2, 0.25) is 0 Å². The summed E-state index contributed by atoms with van der Waals surface area (Å²) in [6.45, 7) is 0. The summed E-state index contributed by atoms with van der Waals surface area (Å²) in [7, 11) is 3.23. The molecule has 0 aliphatic rings. The number of phenols is 2. The highest BCUT2D eigenvalue weighted by Crippen LogP contribution is 2.35. The Hall–Kier alpha value is -2.04. The lowest BCUT2D eigenvalue weighted by molar-refractivity contribution is -0.0397. The summed E-state index contributed by atoms with van der Waals surface area (Å²) < 4.78 is 11.1. The normalized spacial score (nSPS) is 13.9. The Morgan fingerprint density at radius 2 is 0.950 bits per heavy atom. The quantitative estimate of drug-likeness (QED) is 0.879. The Morgan fingerprint density at radius 1 is 0.650 bits per heavy atom. The van der Waals surface area contributed by atoms with Gasteiger partial charge in [-0.3, -0.25) is 0 Å². The zero-order valence-electron chi connectivity index (χ0n) is 11.5. The Labute approximate surface area is 118 Å². The van der Waals surface area contributed by atoms with E-state index in [-0.39, 0.29) is 23.7 Å². The van der Waals surface area contributed by atoms with Crippen LogP contribution in [0.15, 0.2) is 48.5 Å². The molecule has 0 radical (unpaired) electrons. The first-order valence-corrected chi connectivity index (χ1v) is 6.29. The van der Waals surface area contributed by atoms with Crippen LogP contribution in [-0.4, -0.2) is 24.4 Å². The number of rotatable bonds is 5. The number of phenolic OH excluding ortho intramolecular Hbond substituents is 2. The molecule has 0 bridgehead atoms. The minimum atomic E-state index is -0.301. The third kappa shape index (κ3) is 3.10. The second kappa shape index (κ2) is 6.41. The van der Waals surface area contributed by atoms with Gasteiger partial charge < -0.3 is 19.7 Å². The molecular weight excluding hydrogens is 256 g/mol. The number of benzene rings is 2. The van der Waals surface area contributed by atoms with E-state index in [9.17, 15) is 10.2 Å². The molecule has 2 atom stereocenters. The summed E-state index contributed by atoms with van der Waals surface area (Å²) in [4.78, 5) is 0. The maximum absolute atomic E-state index is 9.35. The molecule has 4 nitrogen and oxygen atoms in total. The van der Waals surface area contributed by atoms with Crippen molar-refractivity contribution in [3.63, 3.8) is 0 Å². The average molecular weight is 274 g/mol. The van der Waals surface area contributed by atoms with Crippen molar-refractivity contribution in [3.05, 3.63) is 59.7 Å². The van der Waals surface area contributed by atoms with Crippen molar-refractivity contribution in [1.29, 1.82) is 0 Å². The highest BCUT2D eigenvalue weighted by molar-refractivity contribution is 5.32. The SMILES string of the molecule is COC(c1ccc(O)cc1)C(OC)c1ccc(O)cc1. The lowest BCUT2D eigenvalue weighted by Gasteiger charge is -2.25. The van der Waals surface area contributed by atoms with Crippen molar-refractivity contribution in [1.82, 2.24) is 0 Å². The maximum Gasteiger partial charge on any atom is 0.115 e. The second-order valence-corrected chi connectivity index (χ2v) is 4.50. The smallest absolute Gasteiger partial charge is 0.115 e. The molecule has 2 N–H and O–H groups in total. The number of aromatic hydroxyl groups is 2. The second-order valence-electron chi connectivity index (χ2n) is 4.50. The maximum atomic E-state index is 9.35. The number of methoxy groups -OCH3 is 2. The summed E-state index contributed by atoms with van der Waals surface area (Å²) in [5.74, 6) is 0.421. The van der Waals surface area contributed by atoms with E-state index >= 15 is 0 Å². The average Bonchev–Trinajstić information content (AvgIpc) is 2.47. The largest absolute Gasteiger partial charge is 0.508 e. The van der Waals surface area contributed by atoms with Gasteiger partial charge in [-0.15, -0.1) is 0 Å². The Kier molecular flexibility index (Phi) is 4.61. The Bertz CT molecular complexity index is 482. The lowest BCUT2D eigenvalue weighted by Crippen LogP contribution is -2.15. The zero-order chi connectivity index (χ0) is 14.5. The highest BCUT2D eigenvalue weighted by atomic mass is 16.5. The van der Waals surface area contributed by atoms with E-state index in [1.807, 2.05) is 0 Å². The van der Waals surface area contributed by atoms with Crippen LogP contribution in [0.2, 0.25) is 0 Å². The molecule has 0 aromatic heterocycles. The molecule has 106 valence electrons. The van der Waals surface area contributed by atoms with Crippen LogP contribution in [-0.2, 0) is 9.47 Å². The lowest BCUT2D eigenvalue weighted by atomic mass is 9.98. The summed E-state index contributed by atoms with van der Waals surface area (Å²) in [6, 6.07) is 13.7. The molecule has 0 aliphatic carbocycles. The van der Waals surface area contributed by atoms with Gasteiger partial charge in [0.15, 0.2) is 0 Å². The van der Waals surface area contributed by atoms with Crippen LogP contribution in [0.4, 0.5) is 0 Å². The summed E-state index contributed by atoms with van der Waals surface area (Å²) in [5.41, 5.74) is 1.82. The minimum Gasteiger partial charge on any atom is -0.508 e. The Morgan fingerprint density at radius 3 is 1.20 bits per heavy atom. The third-order valence-electron chi connectivity index (χ3n) is 3.23. The molecule has 0 heterocycles. The third-order valence-corrected chi connectivity index (χ3v) is 3.23. The van der Waals surface area contributed by atoms with Gasteiger partial charge >= 0.3 is 0 Å². The van der Waals surface area contributed by atoms with E-state index in [1.54, 1.807) is 62.8 Å². The van der Waals surface area contributed by atoms with Crippen molar-refractivity contribution >= 4 is 0 Å². The molecule has 0 fully saturated rings. The topological polar surface area (TPSA) is 58.9 Å². The molecular formula is C16H18O4. The zero-order valence-corrected chi connectivity index (χ0v) is 11.5. The van der Waals surface area contributed by atoms with Crippen LogP contribution >= 0.6 is 0 Å². The molecule has 0 saturated heterocycles. The Balaban J connectivity index is 2.32. The summed E-state index contributed by atoms with van der Waals surface area (Å²) >= 11 is 0. The van der Waals surface area contributed by atoms with Gasteiger partial charge in [-0.1, -0.05) is 24.3 Å². The van der Waals surface area contributed by atoms with Gasteiger partial charge in [0.25, 0.3) is 0 Å². The van der Waals surface area contributed by atoms with E-state index in [1.165, 1.54) is 0 Å². The standard InChI is InChI=1S/C16H18O4/c1-19-15(11-3-7-13(17)8-4-11)16(20-2)12-5-9-14(18)10-6-12/h3-10,15-18H,1-2H3. The molecule has 2 aromatic rings. The van der Waals surface area contributed by atoms with Gasteiger partial charge in [-0.05, 0) is 35.4 Å². The predicted octanol–water partition coefficient (Wildman–Crippen LogP) is 3.17. The van der Waals surface area contributed by atoms with E-state index < -0.39 is 0 Å². The fourth-order valence-corrected chi connectivity index (χ4v) is 2.20. The van der Waals surface area contributed by atoms with Crippen LogP contribution in [0.5, 0.6) is 11.5 Å². The highest BCUT2D eigenvalue weighted by Gasteiger charge is 2.24. The van der Waals surface area contributed by atoms with Gasteiger partial charge in [0.1, 0.15) is 23.7 Å². The molecule has 0 aliphatic heterocycles. The molecule has 2 unspecified atom stereocenters. The monoisotopic (exact) mass is 274 g/mol. The van der Waals surface area contributed by atoms with Gasteiger partial charge in [0.05, 0.1) is 0 Å². The molecule has 0 spiro atoms. The molecule has 20 heavy (non-hydrogen) atoms. The minimum absolute atomic E-state index is 0.210. The van der Waals surface area contributed by atoms with E-state index in [0.717, 1.165) is 11.1 Å². The van der Waals surface area contributed by atoms with Crippen molar-refractivity contribution < 1.29 is 19.7 Å². The molecule has 0 amide bonds. The van der Waals surface area contributed by atoms with Crippen molar-refractivity contribution in [2.75, 3.05) is 14.2 Å². The van der Waals surface area contributed by atoms with Crippen LogP contribution in [0, 0.1) is 0 Å². The van der Waals surface area contributed by atoms with Crippen molar-refractivity contribution in [3.8, 4) is 11.5 Å². The molecule has 0 saturated carbocycles. The van der Waals surface area contributed by atoms with Crippen molar-refractivity contribution in [2.45, 2.75) is 12.2 Å². The number of hydrogen-bond acceptors (Lipinski definition) is 4. The molecule has 2 aromatic carbocycles. The first-order chi connectivity index (χ1) is 9.65. The first kappa shape index (κ1) is 14.4. The van der Waals surface area contributed by atoms with Crippen LogP contribution in [0.3, 0.4) is 0 Å². The van der Waals surface area contributed by atoms with E-state index in [2.05, 4.69) is 0 Å². The van der Waals surface area contributed by atoms with Crippen molar-refractivity contribution in [2.24, 2.45) is 0 Å². The van der Waals surface area contributed by atoms with Crippen LogP contribution < -0.4 is 0 Å². The van der Waals surface area contributed by atoms with Gasteiger partial charge in [-0.2, -0.15) is 0 Å². The van der Waals surface area contributed by atoms with Gasteiger partial charge in [-0.25, -0.2) is 0 Å². The van der Waals surface area contributed by atoms with E-state index in [0.29, 0.717) is 0 Å². The van der Waals surface area contributed by atoms with E-state index in [4.69, 9.17) is 9.47 Å². The fraction of sp³-hybridized carbons (Fsp3) is 0.250. The number of ether oxygens (including phenoxy) is 2. The number of hydrogen-bond donors (Lipinski definition) is 2. The molecule has 2 rings (SSSR count). The summed E-state index contributed by atoms with van der Waals surface area (Å²) in [5, 5.41) is 18.7. The first-order valence-electron chi connectivity index (χ1n) is 6.29. The molecule has 4 heteroatoms. The van der Waals surface area contributed by atoms with Crippen LogP contribution in [0.1, 0.15) is 23.3 Å². The van der Waals surface area contributed by atoms with Gasteiger partial charge in [0, 0.05) is 14.2 Å². The fourth-order valence-electron chi connectivity index (χ4n) is 2.20. The van der Waals surface area contributed by atoms with Crippen LogP contribution in [0.25, 0.3) is 0 Å². The predicted molar refractivity (Wildman–Crippen MR) is 75.7 cm³/mol.